The summed E-state index contributed by atoms with van der Waals surface area (Å²) in [4.78, 5) is 30.5. The molecule has 5 rings (SSSR count). The Hall–Kier alpha value is -4.73. The van der Waals surface area contributed by atoms with E-state index in [1.165, 1.54) is 37.3 Å². The maximum Gasteiger partial charge on any atom is 0.322 e. The summed E-state index contributed by atoms with van der Waals surface area (Å²) < 4.78 is 35.8. The molecule has 0 unspecified atom stereocenters. The zero-order valence-corrected chi connectivity index (χ0v) is 20.2. The highest BCUT2D eigenvalue weighted by Crippen LogP contribution is 2.33. The summed E-state index contributed by atoms with van der Waals surface area (Å²) in [7, 11) is 3.04. The van der Waals surface area contributed by atoms with E-state index in [0.717, 1.165) is 5.56 Å². The fourth-order valence-electron chi connectivity index (χ4n) is 4.12. The summed E-state index contributed by atoms with van der Waals surface area (Å²) in [5, 5.41) is 3.30. The molecule has 190 valence electrons. The third-order valence-electron chi connectivity index (χ3n) is 6.00. The van der Waals surface area contributed by atoms with Crippen LogP contribution in [0.3, 0.4) is 0 Å². The molecule has 0 spiro atoms. The van der Waals surface area contributed by atoms with Gasteiger partial charge in [0.15, 0.2) is 23.0 Å². The van der Waals surface area contributed by atoms with Crippen LogP contribution < -0.4 is 29.8 Å². The number of hydrogen-bond acceptors (Lipinski definition) is 6. The highest BCUT2D eigenvalue weighted by atomic mass is 19.1. The number of pyridine rings is 1. The number of carbonyl (C=O) groups is 1. The van der Waals surface area contributed by atoms with Gasteiger partial charge in [0.05, 0.1) is 32.0 Å². The zero-order chi connectivity index (χ0) is 25.9. The van der Waals surface area contributed by atoms with E-state index in [1.807, 2.05) is 0 Å². The van der Waals surface area contributed by atoms with E-state index >= 15 is 0 Å². The lowest BCUT2D eigenvalue weighted by atomic mass is 10.1. The van der Waals surface area contributed by atoms with Gasteiger partial charge >= 0.3 is 6.03 Å². The van der Waals surface area contributed by atoms with Gasteiger partial charge in [-0.3, -0.25) is 4.79 Å². The van der Waals surface area contributed by atoms with Gasteiger partial charge < -0.3 is 34.1 Å². The molecular weight excluding hydrogens is 481 g/mol. The molecule has 1 aliphatic heterocycles. The number of ether oxygens (including phenoxy) is 4. The average molecular weight is 506 g/mol. The molecule has 2 N–H and O–H groups in total. The van der Waals surface area contributed by atoms with Crippen LogP contribution in [0.25, 0.3) is 10.9 Å². The van der Waals surface area contributed by atoms with Gasteiger partial charge in [0, 0.05) is 23.6 Å². The SMILES string of the molecule is COc1cc2cc(CN(Cc3ccc4c(c3)OCO4)C(=O)Nc3ccccc3F)c(=O)[nH]c2cc1OC. The van der Waals surface area contributed by atoms with Crippen molar-refractivity contribution in [3.05, 3.63) is 88.0 Å². The lowest BCUT2D eigenvalue weighted by Crippen LogP contribution is -2.36. The summed E-state index contributed by atoms with van der Waals surface area (Å²) in [6.07, 6.45) is 0. The first kappa shape index (κ1) is 24.0. The molecule has 0 radical (unpaired) electrons. The third kappa shape index (κ3) is 4.99. The lowest BCUT2D eigenvalue weighted by Gasteiger charge is -2.23. The fourth-order valence-corrected chi connectivity index (χ4v) is 4.12. The summed E-state index contributed by atoms with van der Waals surface area (Å²) in [5.41, 5.74) is 1.31. The van der Waals surface area contributed by atoms with Gasteiger partial charge in [0.25, 0.3) is 5.56 Å². The first-order chi connectivity index (χ1) is 17.9. The van der Waals surface area contributed by atoms with Gasteiger partial charge in [-0.25, -0.2) is 9.18 Å². The number of nitrogens with one attached hydrogen (secondary N) is 2. The van der Waals surface area contributed by atoms with Gasteiger partial charge in [-0.1, -0.05) is 18.2 Å². The number of anilines is 1. The number of rotatable bonds is 7. The number of fused-ring (bicyclic) bond motifs is 2. The molecule has 0 fully saturated rings. The summed E-state index contributed by atoms with van der Waals surface area (Å²) >= 11 is 0. The number of methoxy groups -OCH3 is 2. The minimum atomic E-state index is -0.574. The second-order valence-corrected chi connectivity index (χ2v) is 8.37. The predicted molar refractivity (Wildman–Crippen MR) is 135 cm³/mol. The Morgan fingerprint density at radius 3 is 2.54 bits per heavy atom. The topological polar surface area (TPSA) is 102 Å². The molecule has 0 saturated heterocycles. The predicted octanol–water partition coefficient (Wildman–Crippen LogP) is 4.65. The van der Waals surface area contributed by atoms with Gasteiger partial charge in [-0.2, -0.15) is 0 Å². The van der Waals surface area contributed by atoms with Crippen molar-refractivity contribution in [2.45, 2.75) is 13.1 Å². The second kappa shape index (κ2) is 10.1. The first-order valence-corrected chi connectivity index (χ1v) is 11.4. The van der Waals surface area contributed by atoms with Crippen molar-refractivity contribution in [2.75, 3.05) is 26.3 Å². The van der Waals surface area contributed by atoms with Crippen molar-refractivity contribution < 1.29 is 28.1 Å². The molecule has 3 aromatic carbocycles. The van der Waals surface area contributed by atoms with E-state index in [2.05, 4.69) is 10.3 Å². The Morgan fingerprint density at radius 2 is 1.76 bits per heavy atom. The molecule has 10 heteroatoms. The Kier molecular flexibility index (Phi) is 6.55. The molecule has 1 aliphatic rings. The van der Waals surface area contributed by atoms with Crippen LogP contribution in [0.1, 0.15) is 11.1 Å². The summed E-state index contributed by atoms with van der Waals surface area (Å²) in [6.45, 7) is 0.200. The van der Waals surface area contributed by atoms with Crippen molar-refractivity contribution in [1.82, 2.24) is 9.88 Å². The standard InChI is InChI=1S/C27H24FN3O6/c1-34-23-11-17-10-18(26(32)29-21(17)12-24(23)35-2)14-31(27(33)30-20-6-4-3-5-19(20)28)13-16-7-8-22-25(9-16)37-15-36-22/h3-12H,13-15H2,1-2H3,(H,29,32)(H,30,33). The van der Waals surface area contributed by atoms with E-state index < -0.39 is 11.8 Å². The number of urea groups is 1. The van der Waals surface area contributed by atoms with Crippen LogP contribution in [-0.2, 0) is 13.1 Å². The molecule has 2 amide bonds. The normalized spacial score (nSPS) is 11.9. The number of benzene rings is 3. The number of nitrogens with zero attached hydrogens (tertiary/aromatic N) is 1. The quantitative estimate of drug-likeness (QED) is 0.379. The second-order valence-electron chi connectivity index (χ2n) is 8.37. The van der Waals surface area contributed by atoms with Crippen LogP contribution in [0.15, 0.2) is 65.5 Å². The highest BCUT2D eigenvalue weighted by molar-refractivity contribution is 5.89. The average Bonchev–Trinajstić information content (AvgIpc) is 3.37. The smallest absolute Gasteiger partial charge is 0.322 e. The number of aromatic nitrogens is 1. The number of carbonyl (C=O) groups excluding carboxylic acids is 1. The fraction of sp³-hybridized carbons (Fsp3) is 0.185. The molecule has 2 heterocycles. The minimum absolute atomic E-state index is 0.0347. The number of para-hydroxylation sites is 1. The summed E-state index contributed by atoms with van der Waals surface area (Å²) in [5.74, 6) is 1.59. The minimum Gasteiger partial charge on any atom is -0.493 e. The van der Waals surface area contributed by atoms with E-state index in [9.17, 15) is 14.0 Å². The van der Waals surface area contributed by atoms with Gasteiger partial charge in [0.1, 0.15) is 5.82 Å². The summed E-state index contributed by atoms with van der Waals surface area (Å²) in [6, 6.07) is 15.8. The van der Waals surface area contributed by atoms with Crippen molar-refractivity contribution in [3.8, 4) is 23.0 Å². The molecule has 1 aromatic heterocycles. The Labute approximate surface area is 211 Å². The maximum absolute atomic E-state index is 14.2. The number of amides is 2. The van der Waals surface area contributed by atoms with Gasteiger partial charge in [-0.05, 0) is 42.0 Å². The molecule has 0 aliphatic carbocycles. The molecule has 0 atom stereocenters. The van der Waals surface area contributed by atoms with E-state index in [4.69, 9.17) is 18.9 Å². The van der Waals surface area contributed by atoms with E-state index in [1.54, 1.807) is 42.5 Å². The Balaban J connectivity index is 1.49. The molecule has 37 heavy (non-hydrogen) atoms. The van der Waals surface area contributed by atoms with Crippen LogP contribution in [0.2, 0.25) is 0 Å². The molecule has 9 nitrogen and oxygen atoms in total. The Morgan fingerprint density at radius 1 is 1.00 bits per heavy atom. The van der Waals surface area contributed by atoms with Crippen molar-refractivity contribution in [1.29, 1.82) is 0 Å². The van der Waals surface area contributed by atoms with E-state index in [0.29, 0.717) is 39.5 Å². The number of aromatic amines is 1. The Bertz CT molecular complexity index is 1540. The van der Waals surface area contributed by atoms with Crippen LogP contribution in [0.4, 0.5) is 14.9 Å². The van der Waals surface area contributed by atoms with Gasteiger partial charge in [0.2, 0.25) is 6.79 Å². The number of H-pyrrole nitrogens is 1. The monoisotopic (exact) mass is 505 g/mol. The van der Waals surface area contributed by atoms with E-state index in [-0.39, 0.29) is 31.1 Å². The van der Waals surface area contributed by atoms with Crippen molar-refractivity contribution in [2.24, 2.45) is 0 Å². The third-order valence-corrected chi connectivity index (χ3v) is 6.00. The van der Waals surface area contributed by atoms with Crippen LogP contribution >= 0.6 is 0 Å². The van der Waals surface area contributed by atoms with Crippen molar-refractivity contribution >= 4 is 22.6 Å². The zero-order valence-electron chi connectivity index (χ0n) is 20.2. The van der Waals surface area contributed by atoms with Crippen molar-refractivity contribution in [3.63, 3.8) is 0 Å². The number of hydrogen-bond donors (Lipinski definition) is 2. The molecule has 0 saturated carbocycles. The van der Waals surface area contributed by atoms with Crippen LogP contribution in [0.5, 0.6) is 23.0 Å². The highest BCUT2D eigenvalue weighted by Gasteiger charge is 2.21. The van der Waals surface area contributed by atoms with Gasteiger partial charge in [-0.15, -0.1) is 0 Å². The van der Waals surface area contributed by atoms with Crippen LogP contribution in [0, 0.1) is 5.82 Å². The molecular formula is C27H24FN3O6. The lowest BCUT2D eigenvalue weighted by molar-refractivity contribution is 0.174. The van der Waals surface area contributed by atoms with Crippen LogP contribution in [-0.4, -0.2) is 36.9 Å². The molecule has 4 aromatic rings. The largest absolute Gasteiger partial charge is 0.493 e. The first-order valence-electron chi connectivity index (χ1n) is 11.4. The number of halogens is 1. The maximum atomic E-state index is 14.2. The molecule has 0 bridgehead atoms.